The minimum absolute atomic E-state index is 0.736. The third-order valence-electron chi connectivity index (χ3n) is 3.63. The van der Waals surface area contributed by atoms with Crippen LogP contribution >= 0.6 is 0 Å². The quantitative estimate of drug-likeness (QED) is 0.576. The SMILES string of the molecule is CCCCc1ccc(C(CCC)C(C)C)cc1. The normalized spacial score (nSPS) is 13.0. The summed E-state index contributed by atoms with van der Waals surface area (Å²) in [5.41, 5.74) is 3.02. The zero-order valence-corrected chi connectivity index (χ0v) is 12.0. The van der Waals surface area contributed by atoms with E-state index in [0.29, 0.717) is 0 Å². The number of benzene rings is 1. The van der Waals surface area contributed by atoms with Crippen LogP contribution in [0.25, 0.3) is 0 Å². The molecule has 0 fully saturated rings. The van der Waals surface area contributed by atoms with E-state index in [0.717, 1.165) is 11.8 Å². The van der Waals surface area contributed by atoms with E-state index >= 15 is 0 Å². The number of unbranched alkanes of at least 4 members (excludes halogenated alkanes) is 1. The molecule has 0 nitrogen and oxygen atoms in total. The Kier molecular flexibility index (Phi) is 6.32. The van der Waals surface area contributed by atoms with Gasteiger partial charge in [0.2, 0.25) is 0 Å². The number of hydrogen-bond donors (Lipinski definition) is 0. The van der Waals surface area contributed by atoms with Crippen LogP contribution in [-0.4, -0.2) is 0 Å². The van der Waals surface area contributed by atoms with Crippen LogP contribution in [0.1, 0.15) is 70.4 Å². The molecule has 0 saturated carbocycles. The molecule has 1 aromatic carbocycles. The molecule has 0 heteroatoms. The summed E-state index contributed by atoms with van der Waals surface area (Å²) in [5, 5.41) is 0. The highest BCUT2D eigenvalue weighted by atomic mass is 14.2. The Morgan fingerprint density at radius 1 is 0.941 bits per heavy atom. The Bertz CT molecular complexity index is 294. The van der Waals surface area contributed by atoms with Gasteiger partial charge in [-0.15, -0.1) is 0 Å². The topological polar surface area (TPSA) is 0 Å². The van der Waals surface area contributed by atoms with Crippen LogP contribution < -0.4 is 0 Å². The number of aryl methyl sites for hydroxylation is 1. The molecule has 96 valence electrons. The first-order valence-electron chi connectivity index (χ1n) is 7.27. The van der Waals surface area contributed by atoms with Crippen molar-refractivity contribution in [2.24, 2.45) is 5.92 Å². The van der Waals surface area contributed by atoms with Gasteiger partial charge in [0.25, 0.3) is 0 Å². The summed E-state index contributed by atoms with van der Waals surface area (Å²) in [6.45, 7) is 9.21. The first kappa shape index (κ1) is 14.3. The van der Waals surface area contributed by atoms with Gasteiger partial charge in [-0.3, -0.25) is 0 Å². The zero-order valence-electron chi connectivity index (χ0n) is 12.0. The minimum atomic E-state index is 0.736. The molecule has 0 N–H and O–H groups in total. The van der Waals surface area contributed by atoms with Gasteiger partial charge in [0.15, 0.2) is 0 Å². The van der Waals surface area contributed by atoms with Crippen molar-refractivity contribution in [2.75, 3.05) is 0 Å². The van der Waals surface area contributed by atoms with Crippen molar-refractivity contribution in [1.29, 1.82) is 0 Å². The van der Waals surface area contributed by atoms with Gasteiger partial charge < -0.3 is 0 Å². The van der Waals surface area contributed by atoms with Crippen molar-refractivity contribution in [2.45, 2.75) is 65.7 Å². The third kappa shape index (κ3) is 4.53. The van der Waals surface area contributed by atoms with E-state index in [-0.39, 0.29) is 0 Å². The van der Waals surface area contributed by atoms with Crippen molar-refractivity contribution < 1.29 is 0 Å². The Morgan fingerprint density at radius 2 is 1.59 bits per heavy atom. The van der Waals surface area contributed by atoms with Crippen molar-refractivity contribution >= 4 is 0 Å². The van der Waals surface area contributed by atoms with Crippen LogP contribution in [0.15, 0.2) is 24.3 Å². The van der Waals surface area contributed by atoms with Crippen LogP contribution in [0.5, 0.6) is 0 Å². The maximum atomic E-state index is 2.35. The molecule has 0 aliphatic heterocycles. The standard InChI is InChI=1S/C17H28/c1-5-7-9-15-10-12-16(13-11-15)17(8-6-2)14(3)4/h10-14,17H,5-9H2,1-4H3. The maximum absolute atomic E-state index is 2.35. The van der Waals surface area contributed by atoms with Crippen LogP contribution in [-0.2, 0) is 6.42 Å². The Balaban J connectivity index is 2.70. The van der Waals surface area contributed by atoms with Crippen molar-refractivity contribution in [3.05, 3.63) is 35.4 Å². The first-order chi connectivity index (χ1) is 8.19. The van der Waals surface area contributed by atoms with Crippen LogP contribution in [0.3, 0.4) is 0 Å². The largest absolute Gasteiger partial charge is 0.0654 e. The molecule has 0 aliphatic rings. The molecule has 0 radical (unpaired) electrons. The lowest BCUT2D eigenvalue weighted by Crippen LogP contribution is -2.06. The van der Waals surface area contributed by atoms with Crippen molar-refractivity contribution in [3.63, 3.8) is 0 Å². The van der Waals surface area contributed by atoms with Crippen LogP contribution in [0.4, 0.5) is 0 Å². The van der Waals surface area contributed by atoms with Gasteiger partial charge in [0.05, 0.1) is 0 Å². The van der Waals surface area contributed by atoms with E-state index < -0.39 is 0 Å². The fourth-order valence-electron chi connectivity index (χ4n) is 2.51. The van der Waals surface area contributed by atoms with Gasteiger partial charge in [0.1, 0.15) is 0 Å². The predicted octanol–water partition coefficient (Wildman–Crippen LogP) is 5.57. The number of hydrogen-bond acceptors (Lipinski definition) is 0. The van der Waals surface area contributed by atoms with E-state index in [1.807, 2.05) is 0 Å². The number of rotatable bonds is 7. The van der Waals surface area contributed by atoms with E-state index in [1.54, 1.807) is 0 Å². The van der Waals surface area contributed by atoms with Gasteiger partial charge in [0, 0.05) is 0 Å². The average molecular weight is 232 g/mol. The van der Waals surface area contributed by atoms with E-state index in [9.17, 15) is 0 Å². The predicted molar refractivity (Wildman–Crippen MR) is 77.5 cm³/mol. The fourth-order valence-corrected chi connectivity index (χ4v) is 2.51. The van der Waals surface area contributed by atoms with E-state index in [2.05, 4.69) is 52.0 Å². The third-order valence-corrected chi connectivity index (χ3v) is 3.63. The summed E-state index contributed by atoms with van der Waals surface area (Å²) in [4.78, 5) is 0. The maximum Gasteiger partial charge on any atom is -0.0139 e. The highest BCUT2D eigenvalue weighted by Crippen LogP contribution is 2.29. The van der Waals surface area contributed by atoms with Crippen molar-refractivity contribution in [1.82, 2.24) is 0 Å². The Morgan fingerprint density at radius 3 is 2.06 bits per heavy atom. The Hall–Kier alpha value is -0.780. The van der Waals surface area contributed by atoms with Crippen molar-refractivity contribution in [3.8, 4) is 0 Å². The molecule has 17 heavy (non-hydrogen) atoms. The second-order valence-electron chi connectivity index (χ2n) is 5.48. The fraction of sp³-hybridized carbons (Fsp3) is 0.647. The summed E-state index contributed by atoms with van der Waals surface area (Å²) in [6, 6.07) is 9.36. The molecule has 0 saturated heterocycles. The van der Waals surface area contributed by atoms with Gasteiger partial charge in [-0.25, -0.2) is 0 Å². The molecule has 0 amide bonds. The lowest BCUT2D eigenvalue weighted by molar-refractivity contribution is 0.463. The summed E-state index contributed by atoms with van der Waals surface area (Å²) < 4.78 is 0. The van der Waals surface area contributed by atoms with E-state index in [4.69, 9.17) is 0 Å². The monoisotopic (exact) mass is 232 g/mol. The molecule has 1 unspecified atom stereocenters. The summed E-state index contributed by atoms with van der Waals surface area (Å²) in [6.07, 6.45) is 6.41. The van der Waals surface area contributed by atoms with Crippen LogP contribution in [0, 0.1) is 5.92 Å². The molecule has 1 atom stereocenters. The molecule has 0 spiro atoms. The highest BCUT2D eigenvalue weighted by Gasteiger charge is 2.14. The molecule has 1 rings (SSSR count). The van der Waals surface area contributed by atoms with E-state index in [1.165, 1.54) is 43.2 Å². The molecular weight excluding hydrogens is 204 g/mol. The Labute approximate surface area is 107 Å². The molecule has 0 heterocycles. The molecule has 1 aromatic rings. The lowest BCUT2D eigenvalue weighted by Gasteiger charge is -2.21. The second-order valence-corrected chi connectivity index (χ2v) is 5.48. The molecule has 0 bridgehead atoms. The molecule has 0 aromatic heterocycles. The van der Waals surface area contributed by atoms with Gasteiger partial charge in [-0.1, -0.05) is 64.8 Å². The molecular formula is C17H28. The summed E-state index contributed by atoms with van der Waals surface area (Å²) >= 11 is 0. The van der Waals surface area contributed by atoms with Gasteiger partial charge >= 0.3 is 0 Å². The van der Waals surface area contributed by atoms with Gasteiger partial charge in [-0.2, -0.15) is 0 Å². The van der Waals surface area contributed by atoms with Crippen LogP contribution in [0.2, 0.25) is 0 Å². The lowest BCUT2D eigenvalue weighted by atomic mass is 9.84. The minimum Gasteiger partial charge on any atom is -0.0654 e. The molecule has 0 aliphatic carbocycles. The smallest absolute Gasteiger partial charge is 0.0139 e. The highest BCUT2D eigenvalue weighted by molar-refractivity contribution is 5.25. The average Bonchev–Trinajstić information content (AvgIpc) is 2.34. The second kappa shape index (κ2) is 7.53. The first-order valence-corrected chi connectivity index (χ1v) is 7.27. The zero-order chi connectivity index (χ0) is 12.7. The summed E-state index contributed by atoms with van der Waals surface area (Å²) in [7, 11) is 0. The summed E-state index contributed by atoms with van der Waals surface area (Å²) in [5.74, 6) is 1.48. The van der Waals surface area contributed by atoms with Gasteiger partial charge in [-0.05, 0) is 42.2 Å².